The number of rotatable bonds is 5. The van der Waals surface area contributed by atoms with E-state index in [0.29, 0.717) is 11.0 Å². The van der Waals surface area contributed by atoms with Crippen molar-refractivity contribution >= 4 is 22.4 Å². The molecule has 0 fully saturated rings. The van der Waals surface area contributed by atoms with Crippen LogP contribution in [-0.4, -0.2) is 16.9 Å². The van der Waals surface area contributed by atoms with E-state index in [1.54, 1.807) is 0 Å². The van der Waals surface area contributed by atoms with Gasteiger partial charge in [0.05, 0.1) is 11.7 Å². The highest BCUT2D eigenvalue weighted by atomic mass is 32.1. The topological polar surface area (TPSA) is 68.0 Å². The van der Waals surface area contributed by atoms with Gasteiger partial charge in [0.15, 0.2) is 5.13 Å². The third kappa shape index (κ3) is 3.78. The maximum Gasteiger partial charge on any atom is 0.243 e. The summed E-state index contributed by atoms with van der Waals surface area (Å²) >= 11 is 1.44. The monoisotopic (exact) mass is 255 g/mol. The van der Waals surface area contributed by atoms with Crippen LogP contribution in [0.5, 0.6) is 0 Å². The fourth-order valence-corrected chi connectivity index (χ4v) is 2.18. The maximum atomic E-state index is 11.8. The molecular formula is C12H21N3OS. The van der Waals surface area contributed by atoms with Gasteiger partial charge >= 0.3 is 0 Å². The first-order valence-corrected chi connectivity index (χ1v) is 6.85. The average molecular weight is 255 g/mol. The smallest absolute Gasteiger partial charge is 0.243 e. The van der Waals surface area contributed by atoms with E-state index >= 15 is 0 Å². The molecule has 0 aliphatic rings. The summed E-state index contributed by atoms with van der Waals surface area (Å²) in [7, 11) is 0. The summed E-state index contributed by atoms with van der Waals surface area (Å²) in [6.07, 6.45) is 0.893. The van der Waals surface area contributed by atoms with Gasteiger partial charge in [-0.05, 0) is 11.8 Å². The fraction of sp³-hybridized carbons (Fsp3) is 0.667. The molecule has 1 rings (SSSR count). The number of nitrogens with zero attached hydrogens (tertiary/aromatic N) is 1. The molecule has 5 heteroatoms. The van der Waals surface area contributed by atoms with Crippen molar-refractivity contribution < 1.29 is 4.79 Å². The molecule has 0 aromatic carbocycles. The molecule has 17 heavy (non-hydrogen) atoms. The van der Waals surface area contributed by atoms with E-state index < -0.39 is 6.04 Å². The van der Waals surface area contributed by atoms with Gasteiger partial charge in [0, 0.05) is 5.38 Å². The number of hydrogen-bond acceptors (Lipinski definition) is 4. The molecular weight excluding hydrogens is 234 g/mol. The predicted octanol–water partition coefficient (Wildman–Crippen LogP) is 2.58. The second-order valence-corrected chi connectivity index (χ2v) is 5.49. The van der Waals surface area contributed by atoms with Crippen molar-refractivity contribution in [3.8, 4) is 0 Å². The molecule has 0 saturated carbocycles. The van der Waals surface area contributed by atoms with Crippen molar-refractivity contribution in [1.29, 1.82) is 0 Å². The summed E-state index contributed by atoms with van der Waals surface area (Å²) in [6.45, 7) is 8.15. The average Bonchev–Trinajstić information content (AvgIpc) is 2.75. The molecule has 0 aliphatic heterocycles. The molecule has 1 aromatic rings. The lowest BCUT2D eigenvalue weighted by molar-refractivity contribution is -0.118. The number of carbonyl (C=O) groups is 1. The standard InChI is InChI=1S/C12H21N3OS/c1-5-8(4)10(13)11(16)15-12-14-9(6-17-12)7(2)3/h6-8,10H,5,13H2,1-4H3,(H,14,15,16)/t8?,10-/m0/s1. The van der Waals surface area contributed by atoms with E-state index in [4.69, 9.17) is 5.73 Å². The number of thiazole rings is 1. The van der Waals surface area contributed by atoms with Crippen LogP contribution in [0.2, 0.25) is 0 Å². The molecule has 0 bridgehead atoms. The lowest BCUT2D eigenvalue weighted by Gasteiger charge is -2.16. The zero-order valence-electron chi connectivity index (χ0n) is 10.9. The molecule has 1 unspecified atom stereocenters. The number of anilines is 1. The van der Waals surface area contributed by atoms with Gasteiger partial charge in [-0.1, -0.05) is 34.1 Å². The molecule has 0 saturated heterocycles. The van der Waals surface area contributed by atoms with Crippen LogP contribution < -0.4 is 11.1 Å². The van der Waals surface area contributed by atoms with Crippen LogP contribution in [0.25, 0.3) is 0 Å². The van der Waals surface area contributed by atoms with Gasteiger partial charge in [0.1, 0.15) is 0 Å². The minimum atomic E-state index is -0.466. The number of nitrogens with two attached hydrogens (primary N) is 1. The van der Waals surface area contributed by atoms with E-state index in [9.17, 15) is 4.79 Å². The van der Waals surface area contributed by atoms with Crippen LogP contribution in [0, 0.1) is 5.92 Å². The van der Waals surface area contributed by atoms with Gasteiger partial charge < -0.3 is 11.1 Å². The van der Waals surface area contributed by atoms with Crippen LogP contribution in [0.1, 0.15) is 45.7 Å². The maximum absolute atomic E-state index is 11.8. The molecule has 96 valence electrons. The van der Waals surface area contributed by atoms with Crippen molar-refractivity contribution in [2.45, 2.75) is 46.1 Å². The molecule has 0 aliphatic carbocycles. The predicted molar refractivity (Wildman–Crippen MR) is 72.3 cm³/mol. The summed E-state index contributed by atoms with van der Waals surface area (Å²) in [5, 5.41) is 5.38. The van der Waals surface area contributed by atoms with Crippen molar-refractivity contribution in [3.05, 3.63) is 11.1 Å². The fourth-order valence-electron chi connectivity index (χ4n) is 1.31. The normalized spacial score (nSPS) is 14.7. The molecule has 0 radical (unpaired) electrons. The number of carbonyl (C=O) groups excluding carboxylic acids is 1. The zero-order chi connectivity index (χ0) is 13.0. The van der Waals surface area contributed by atoms with E-state index in [1.165, 1.54) is 11.3 Å². The molecule has 2 atom stereocenters. The number of hydrogen-bond donors (Lipinski definition) is 2. The summed E-state index contributed by atoms with van der Waals surface area (Å²) < 4.78 is 0. The summed E-state index contributed by atoms with van der Waals surface area (Å²) in [5.74, 6) is 0.406. The Kier molecular flexibility index (Phi) is 5.08. The van der Waals surface area contributed by atoms with Crippen molar-refractivity contribution in [1.82, 2.24) is 4.98 Å². The Hall–Kier alpha value is -0.940. The number of nitrogens with one attached hydrogen (secondary N) is 1. The van der Waals surface area contributed by atoms with Gasteiger partial charge in [0.25, 0.3) is 0 Å². The molecule has 0 spiro atoms. The molecule has 1 amide bonds. The van der Waals surface area contributed by atoms with Crippen LogP contribution >= 0.6 is 11.3 Å². The van der Waals surface area contributed by atoms with E-state index in [-0.39, 0.29) is 11.8 Å². The van der Waals surface area contributed by atoms with Crippen LogP contribution in [0.15, 0.2) is 5.38 Å². The summed E-state index contributed by atoms with van der Waals surface area (Å²) in [6, 6.07) is -0.466. The molecule has 1 heterocycles. The first-order chi connectivity index (χ1) is 7.95. The largest absolute Gasteiger partial charge is 0.320 e. The Morgan fingerprint density at radius 3 is 2.65 bits per heavy atom. The Bertz CT molecular complexity index is 376. The van der Waals surface area contributed by atoms with E-state index in [0.717, 1.165) is 12.1 Å². The third-order valence-electron chi connectivity index (χ3n) is 2.90. The van der Waals surface area contributed by atoms with E-state index in [1.807, 2.05) is 19.2 Å². The Morgan fingerprint density at radius 2 is 2.18 bits per heavy atom. The molecule has 3 N–H and O–H groups in total. The van der Waals surface area contributed by atoms with Gasteiger partial charge in [-0.15, -0.1) is 11.3 Å². The van der Waals surface area contributed by atoms with Gasteiger partial charge in [-0.2, -0.15) is 0 Å². The first-order valence-electron chi connectivity index (χ1n) is 5.97. The first kappa shape index (κ1) is 14.1. The van der Waals surface area contributed by atoms with Gasteiger partial charge in [-0.3, -0.25) is 4.79 Å². The second kappa shape index (κ2) is 6.12. The van der Waals surface area contributed by atoms with Crippen LogP contribution in [0.3, 0.4) is 0 Å². The number of amides is 1. The van der Waals surface area contributed by atoms with Crippen molar-refractivity contribution in [3.63, 3.8) is 0 Å². The van der Waals surface area contributed by atoms with Gasteiger partial charge in [0.2, 0.25) is 5.91 Å². The van der Waals surface area contributed by atoms with Crippen molar-refractivity contribution in [2.75, 3.05) is 5.32 Å². The van der Waals surface area contributed by atoms with Crippen molar-refractivity contribution in [2.24, 2.45) is 11.7 Å². The van der Waals surface area contributed by atoms with Crippen LogP contribution in [-0.2, 0) is 4.79 Å². The third-order valence-corrected chi connectivity index (χ3v) is 3.68. The Balaban J connectivity index is 2.61. The van der Waals surface area contributed by atoms with Gasteiger partial charge in [-0.25, -0.2) is 4.98 Å². The zero-order valence-corrected chi connectivity index (χ0v) is 11.7. The highest BCUT2D eigenvalue weighted by Crippen LogP contribution is 2.21. The summed E-state index contributed by atoms with van der Waals surface area (Å²) in [5.41, 5.74) is 6.85. The SMILES string of the molecule is CCC(C)[C@H](N)C(=O)Nc1nc(C(C)C)cs1. The Morgan fingerprint density at radius 1 is 1.53 bits per heavy atom. The lowest BCUT2D eigenvalue weighted by Crippen LogP contribution is -2.40. The summed E-state index contributed by atoms with van der Waals surface area (Å²) in [4.78, 5) is 16.2. The highest BCUT2D eigenvalue weighted by molar-refractivity contribution is 7.13. The lowest BCUT2D eigenvalue weighted by atomic mass is 10.00. The second-order valence-electron chi connectivity index (χ2n) is 4.63. The van der Waals surface area contributed by atoms with E-state index in [2.05, 4.69) is 24.1 Å². The van der Waals surface area contributed by atoms with Crippen LogP contribution in [0.4, 0.5) is 5.13 Å². The number of aromatic nitrogens is 1. The minimum absolute atomic E-state index is 0.149. The molecule has 1 aromatic heterocycles. The minimum Gasteiger partial charge on any atom is -0.320 e. The molecule has 4 nitrogen and oxygen atoms in total. The highest BCUT2D eigenvalue weighted by Gasteiger charge is 2.20. The quantitative estimate of drug-likeness (QED) is 0.849. The Labute approximate surface area is 107 Å².